The van der Waals surface area contributed by atoms with E-state index in [0.717, 1.165) is 0 Å². The molecule has 7 nitrogen and oxygen atoms in total. The summed E-state index contributed by atoms with van der Waals surface area (Å²) in [5.74, 6) is 0.293. The number of benzene rings is 2. The lowest BCUT2D eigenvalue weighted by Gasteiger charge is -2.30. The Balaban J connectivity index is 1.85. The highest BCUT2D eigenvalue weighted by atomic mass is 16.6. The number of fused-ring (bicyclic) bond motifs is 1. The number of ketones is 1. The van der Waals surface area contributed by atoms with Crippen LogP contribution in [0.1, 0.15) is 32.4 Å². The van der Waals surface area contributed by atoms with Crippen molar-refractivity contribution in [1.29, 1.82) is 0 Å². The van der Waals surface area contributed by atoms with Gasteiger partial charge in [-0.05, 0) is 29.8 Å². The molecule has 0 aliphatic carbocycles. The number of hydrogen-bond acceptors (Lipinski definition) is 6. The molecule has 0 saturated carbocycles. The maximum absolute atomic E-state index is 13.3. The molecule has 2 aliphatic heterocycles. The predicted molar refractivity (Wildman–Crippen MR) is 115 cm³/mol. The van der Waals surface area contributed by atoms with Gasteiger partial charge in [0.2, 0.25) is 0 Å². The Morgan fingerprint density at radius 1 is 1.06 bits per heavy atom. The highest BCUT2D eigenvalue weighted by Crippen LogP contribution is 2.45. The largest absolute Gasteiger partial charge is 0.503 e. The van der Waals surface area contributed by atoms with Gasteiger partial charge in [0, 0.05) is 17.2 Å². The van der Waals surface area contributed by atoms with Crippen LogP contribution in [0.5, 0.6) is 17.2 Å². The van der Waals surface area contributed by atoms with Crippen LogP contribution in [-0.2, 0) is 9.59 Å². The second-order valence-corrected chi connectivity index (χ2v) is 8.52. The van der Waals surface area contributed by atoms with Gasteiger partial charge in [0.25, 0.3) is 5.91 Å². The van der Waals surface area contributed by atoms with Crippen molar-refractivity contribution in [3.05, 3.63) is 59.4 Å². The predicted octanol–water partition coefficient (Wildman–Crippen LogP) is 3.98. The lowest BCUT2D eigenvalue weighted by molar-refractivity contribution is -0.123. The minimum absolute atomic E-state index is 0.0811. The molecular formula is C24H25NO6. The molecule has 1 amide bonds. The van der Waals surface area contributed by atoms with E-state index in [2.05, 4.69) is 0 Å². The van der Waals surface area contributed by atoms with Crippen molar-refractivity contribution < 1.29 is 28.9 Å². The van der Waals surface area contributed by atoms with Crippen LogP contribution in [0, 0.1) is 5.41 Å². The summed E-state index contributed by atoms with van der Waals surface area (Å²) in [5, 5.41) is 10.8. The summed E-state index contributed by atoms with van der Waals surface area (Å²) in [6.07, 6.45) is 0. The molecule has 4 rings (SSSR count). The summed E-state index contributed by atoms with van der Waals surface area (Å²) in [6.45, 7) is 6.15. The molecule has 0 bridgehead atoms. The van der Waals surface area contributed by atoms with E-state index in [4.69, 9.17) is 14.2 Å². The zero-order valence-electron chi connectivity index (χ0n) is 18.0. The van der Waals surface area contributed by atoms with Crippen molar-refractivity contribution in [2.75, 3.05) is 25.2 Å². The van der Waals surface area contributed by atoms with Gasteiger partial charge in [-0.2, -0.15) is 0 Å². The number of nitrogens with zero attached hydrogens (tertiary/aromatic N) is 1. The molecule has 0 fully saturated rings. The number of Topliss-reactive ketones (excluding diaryl/α,β-unsaturated/α-hetero) is 1. The van der Waals surface area contributed by atoms with Crippen molar-refractivity contribution in [2.45, 2.75) is 26.8 Å². The van der Waals surface area contributed by atoms with Crippen molar-refractivity contribution in [1.82, 2.24) is 0 Å². The number of aliphatic hydroxyl groups is 1. The maximum Gasteiger partial charge on any atom is 0.294 e. The third kappa shape index (κ3) is 3.60. The molecule has 7 heteroatoms. The van der Waals surface area contributed by atoms with E-state index in [1.54, 1.807) is 70.3 Å². The Kier molecular flexibility index (Phi) is 5.13. The second-order valence-electron chi connectivity index (χ2n) is 8.52. The molecular weight excluding hydrogens is 398 g/mol. The van der Waals surface area contributed by atoms with Crippen LogP contribution < -0.4 is 19.1 Å². The van der Waals surface area contributed by atoms with E-state index >= 15 is 0 Å². The van der Waals surface area contributed by atoms with Gasteiger partial charge in [0.05, 0.1) is 18.7 Å². The first-order valence-electron chi connectivity index (χ1n) is 10.1. The SMILES string of the molecule is COc1ccc(C2C(C(=O)C(C)(C)C)=C(O)C(=O)N2c2ccc3c(c2)OCCO3)cc1. The summed E-state index contributed by atoms with van der Waals surface area (Å²) in [7, 11) is 1.57. The number of hydrogen-bond donors (Lipinski definition) is 1. The minimum atomic E-state index is -0.785. The van der Waals surface area contributed by atoms with Gasteiger partial charge in [-0.1, -0.05) is 32.9 Å². The molecule has 0 saturated heterocycles. The molecule has 1 unspecified atom stereocenters. The van der Waals surface area contributed by atoms with Crippen LogP contribution >= 0.6 is 0 Å². The number of ether oxygens (including phenoxy) is 3. The van der Waals surface area contributed by atoms with Gasteiger partial charge in [-0.25, -0.2) is 0 Å². The van der Waals surface area contributed by atoms with Crippen LogP contribution in [-0.4, -0.2) is 37.1 Å². The standard InChI is InChI=1S/C24H25NO6/c1-24(2,3)22(27)19-20(14-5-8-16(29-4)9-6-14)25(23(28)21(19)26)15-7-10-17-18(13-15)31-12-11-30-17/h5-10,13,20,26H,11-12H2,1-4H3. The first-order chi connectivity index (χ1) is 14.7. The monoisotopic (exact) mass is 423 g/mol. The van der Waals surface area contributed by atoms with E-state index in [9.17, 15) is 14.7 Å². The fraction of sp³-hybridized carbons (Fsp3) is 0.333. The minimum Gasteiger partial charge on any atom is -0.503 e. The Morgan fingerprint density at radius 3 is 2.32 bits per heavy atom. The van der Waals surface area contributed by atoms with E-state index in [-0.39, 0.29) is 11.4 Å². The molecule has 31 heavy (non-hydrogen) atoms. The summed E-state index contributed by atoms with van der Waals surface area (Å²) in [5.41, 5.74) is 0.480. The average Bonchev–Trinajstić information content (AvgIpc) is 3.02. The van der Waals surface area contributed by atoms with Crippen LogP contribution in [0.3, 0.4) is 0 Å². The summed E-state index contributed by atoms with van der Waals surface area (Å²) < 4.78 is 16.5. The molecule has 2 heterocycles. The Bertz CT molecular complexity index is 1060. The van der Waals surface area contributed by atoms with Crippen molar-refractivity contribution in [3.63, 3.8) is 0 Å². The lowest BCUT2D eigenvalue weighted by atomic mass is 9.82. The number of carbonyl (C=O) groups is 2. The smallest absolute Gasteiger partial charge is 0.294 e. The normalized spacial score (nSPS) is 18.4. The van der Waals surface area contributed by atoms with Crippen molar-refractivity contribution in [3.8, 4) is 17.2 Å². The number of rotatable bonds is 4. The Labute approximate surface area is 180 Å². The van der Waals surface area contributed by atoms with Crippen LogP contribution in [0.2, 0.25) is 0 Å². The molecule has 1 atom stereocenters. The zero-order valence-corrected chi connectivity index (χ0v) is 18.0. The van der Waals surface area contributed by atoms with E-state index in [1.807, 2.05) is 0 Å². The van der Waals surface area contributed by atoms with Gasteiger partial charge in [0.15, 0.2) is 23.0 Å². The quantitative estimate of drug-likeness (QED) is 0.801. The third-order valence-corrected chi connectivity index (χ3v) is 5.37. The van der Waals surface area contributed by atoms with Crippen molar-refractivity contribution >= 4 is 17.4 Å². The molecule has 162 valence electrons. The topological polar surface area (TPSA) is 85.3 Å². The Morgan fingerprint density at radius 2 is 1.71 bits per heavy atom. The van der Waals surface area contributed by atoms with Gasteiger partial charge in [0.1, 0.15) is 19.0 Å². The Hall–Kier alpha value is -3.48. The fourth-order valence-corrected chi connectivity index (χ4v) is 3.79. The third-order valence-electron chi connectivity index (χ3n) is 5.37. The summed E-state index contributed by atoms with van der Waals surface area (Å²) in [6, 6.07) is 11.5. The van der Waals surface area contributed by atoms with E-state index in [1.165, 1.54) is 4.90 Å². The van der Waals surface area contributed by atoms with Gasteiger partial charge < -0.3 is 19.3 Å². The number of aliphatic hydroxyl groups excluding tert-OH is 1. The molecule has 2 aliphatic rings. The average molecular weight is 423 g/mol. The molecule has 0 spiro atoms. The highest BCUT2D eigenvalue weighted by molar-refractivity contribution is 6.17. The number of amides is 1. The molecule has 1 N–H and O–H groups in total. The van der Waals surface area contributed by atoms with Gasteiger partial charge in [-0.3, -0.25) is 14.5 Å². The van der Waals surface area contributed by atoms with Crippen LogP contribution in [0.4, 0.5) is 5.69 Å². The number of carbonyl (C=O) groups excluding carboxylic acids is 2. The van der Waals surface area contributed by atoms with E-state index in [0.29, 0.717) is 41.7 Å². The van der Waals surface area contributed by atoms with Crippen LogP contribution in [0.25, 0.3) is 0 Å². The first kappa shape index (κ1) is 20.8. The maximum atomic E-state index is 13.3. The van der Waals surface area contributed by atoms with Crippen LogP contribution in [0.15, 0.2) is 53.8 Å². The molecule has 2 aromatic carbocycles. The molecule has 0 radical (unpaired) electrons. The number of anilines is 1. The molecule has 2 aromatic rings. The zero-order chi connectivity index (χ0) is 22.3. The fourth-order valence-electron chi connectivity index (χ4n) is 3.79. The lowest BCUT2D eigenvalue weighted by Crippen LogP contribution is -2.33. The van der Waals surface area contributed by atoms with E-state index < -0.39 is 23.1 Å². The van der Waals surface area contributed by atoms with Gasteiger partial charge in [-0.15, -0.1) is 0 Å². The molecule has 0 aromatic heterocycles. The summed E-state index contributed by atoms with van der Waals surface area (Å²) in [4.78, 5) is 27.9. The number of methoxy groups -OCH3 is 1. The van der Waals surface area contributed by atoms with Gasteiger partial charge >= 0.3 is 0 Å². The summed E-state index contributed by atoms with van der Waals surface area (Å²) >= 11 is 0. The second kappa shape index (κ2) is 7.65. The first-order valence-corrected chi connectivity index (χ1v) is 10.1. The van der Waals surface area contributed by atoms with Crippen molar-refractivity contribution in [2.24, 2.45) is 5.41 Å². The highest BCUT2D eigenvalue weighted by Gasteiger charge is 2.46.